The van der Waals surface area contributed by atoms with E-state index in [2.05, 4.69) is 33.1 Å². The second kappa shape index (κ2) is 19.1. The van der Waals surface area contributed by atoms with Crippen LogP contribution in [-0.2, 0) is 18.9 Å². The normalized spacial score (nSPS) is 24.0. The Morgan fingerprint density at radius 3 is 2.66 bits per heavy atom. The van der Waals surface area contributed by atoms with Gasteiger partial charge in [0.15, 0.2) is 5.76 Å². The van der Waals surface area contributed by atoms with Gasteiger partial charge in [-0.1, -0.05) is 64.2 Å². The Kier molecular flexibility index (Phi) is 15.3. The number of ether oxygens (including phenoxy) is 4. The van der Waals surface area contributed by atoms with E-state index in [-0.39, 0.29) is 12.8 Å². The highest BCUT2D eigenvalue weighted by atomic mass is 16.5. The first-order valence-corrected chi connectivity index (χ1v) is 16.5. The number of rotatable bonds is 14. The SMILES string of the molecule is CC.CC.COC1=C(OC/C=C/COCC23CC2C=CC=C3OCCCN2CCCC2)C=C(C2=NC(N)=NC=CC2)C=CC1.[HH]. The number of hydrogen-bond donors (Lipinski definition) is 1. The molecule has 8 nitrogen and oxygen atoms in total. The number of guanidine groups is 1. The van der Waals surface area contributed by atoms with Crippen LogP contribution < -0.4 is 5.73 Å². The lowest BCUT2D eigenvalue weighted by molar-refractivity contribution is 0.0761. The Hall–Kier alpha value is -3.36. The van der Waals surface area contributed by atoms with E-state index in [4.69, 9.17) is 24.7 Å². The molecule has 3 aliphatic carbocycles. The highest BCUT2D eigenvalue weighted by Gasteiger charge is 2.57. The van der Waals surface area contributed by atoms with Crippen molar-refractivity contribution >= 4 is 11.7 Å². The zero-order valence-corrected chi connectivity index (χ0v) is 27.6. The standard InChI is InChI=1S/C32H42N4O4.2C2H6.H2/c1-37-28-13-6-10-25(27-12-8-15-34-31(33)35-27)22-29(28)39-20-5-4-19-38-24-32-23-26(32)11-7-14-30(32)40-21-9-18-36-16-2-3-17-36;2*1-2;/h4-8,10-11,14-15,22,26H,2-3,9,12-13,16-21,23-24H2,1H3,(H2,33,34);2*1-2H3;1H/b5-4+;;;. The highest BCUT2D eigenvalue weighted by molar-refractivity contribution is 6.09. The molecule has 0 amide bonds. The molecule has 0 bridgehead atoms. The summed E-state index contributed by atoms with van der Waals surface area (Å²) in [4.78, 5) is 11.0. The Morgan fingerprint density at radius 1 is 1.07 bits per heavy atom. The van der Waals surface area contributed by atoms with Gasteiger partial charge < -0.3 is 29.6 Å². The van der Waals surface area contributed by atoms with Crippen LogP contribution in [0.4, 0.5) is 0 Å². The van der Waals surface area contributed by atoms with Crippen molar-refractivity contribution in [3.8, 4) is 0 Å². The molecule has 44 heavy (non-hydrogen) atoms. The maximum absolute atomic E-state index is 6.27. The number of methoxy groups -OCH3 is 1. The first kappa shape index (κ1) is 35.1. The molecule has 2 aliphatic heterocycles. The molecule has 8 heteroatoms. The molecule has 0 radical (unpaired) electrons. The van der Waals surface area contributed by atoms with Gasteiger partial charge in [0.05, 0.1) is 38.1 Å². The van der Waals surface area contributed by atoms with Gasteiger partial charge in [-0.05, 0) is 68.5 Å². The van der Waals surface area contributed by atoms with E-state index in [0.29, 0.717) is 44.3 Å². The van der Waals surface area contributed by atoms with Gasteiger partial charge in [0.25, 0.3) is 0 Å². The van der Waals surface area contributed by atoms with E-state index >= 15 is 0 Å². The first-order chi connectivity index (χ1) is 21.7. The molecular formula is C36H56N4O4. The molecule has 1 saturated heterocycles. The molecule has 0 spiro atoms. The van der Waals surface area contributed by atoms with Crippen molar-refractivity contribution in [1.29, 1.82) is 0 Å². The third kappa shape index (κ3) is 10.1. The smallest absolute Gasteiger partial charge is 0.220 e. The molecule has 2 unspecified atom stereocenters. The summed E-state index contributed by atoms with van der Waals surface area (Å²) < 4.78 is 24.1. The summed E-state index contributed by atoms with van der Waals surface area (Å²) in [5.74, 6) is 3.32. The molecule has 0 aromatic rings. The number of aliphatic imine (C=N–C) groups is 2. The fourth-order valence-corrected chi connectivity index (χ4v) is 5.64. The fraction of sp³-hybridized carbons (Fsp3) is 0.556. The van der Waals surface area contributed by atoms with E-state index in [1.54, 1.807) is 13.3 Å². The monoisotopic (exact) mass is 608 g/mol. The lowest BCUT2D eigenvalue weighted by Gasteiger charge is -2.23. The van der Waals surface area contributed by atoms with Crippen LogP contribution in [0.15, 0.2) is 93.7 Å². The maximum atomic E-state index is 6.27. The van der Waals surface area contributed by atoms with Gasteiger partial charge in [0.1, 0.15) is 18.1 Å². The summed E-state index contributed by atoms with van der Waals surface area (Å²) in [6.07, 6.45) is 26.3. The van der Waals surface area contributed by atoms with Crippen LogP contribution in [0.2, 0.25) is 0 Å². The average molecular weight is 609 g/mol. The third-order valence-corrected chi connectivity index (χ3v) is 7.98. The predicted molar refractivity (Wildman–Crippen MR) is 183 cm³/mol. The maximum Gasteiger partial charge on any atom is 0.220 e. The molecule has 2 fully saturated rings. The molecule has 5 rings (SSSR count). The second-order valence-electron chi connectivity index (χ2n) is 10.8. The number of likely N-dealkylation sites (tertiary alicyclic amines) is 1. The van der Waals surface area contributed by atoms with E-state index < -0.39 is 0 Å². The van der Waals surface area contributed by atoms with Crippen LogP contribution in [-0.4, -0.2) is 69.7 Å². The summed E-state index contributed by atoms with van der Waals surface area (Å²) in [5.41, 5.74) is 7.66. The molecule has 1 saturated carbocycles. The molecule has 5 aliphatic rings. The zero-order valence-electron chi connectivity index (χ0n) is 27.6. The van der Waals surface area contributed by atoms with Crippen molar-refractivity contribution in [3.05, 3.63) is 83.7 Å². The minimum absolute atomic E-state index is 0. The molecule has 0 aromatic carbocycles. The van der Waals surface area contributed by atoms with E-state index in [1.807, 2.05) is 64.2 Å². The number of fused-ring (bicyclic) bond motifs is 1. The van der Waals surface area contributed by atoms with Gasteiger partial charge in [0, 0.05) is 27.0 Å². The third-order valence-electron chi connectivity index (χ3n) is 7.98. The topological polar surface area (TPSA) is 90.9 Å². The highest BCUT2D eigenvalue weighted by Crippen LogP contribution is 2.60. The van der Waals surface area contributed by atoms with Crippen LogP contribution in [0.5, 0.6) is 0 Å². The summed E-state index contributed by atoms with van der Waals surface area (Å²) in [6, 6.07) is 0. The van der Waals surface area contributed by atoms with Crippen molar-refractivity contribution in [2.75, 3.05) is 53.2 Å². The summed E-state index contributed by atoms with van der Waals surface area (Å²) in [5, 5.41) is 0. The van der Waals surface area contributed by atoms with Crippen molar-refractivity contribution < 1.29 is 20.4 Å². The van der Waals surface area contributed by atoms with Gasteiger partial charge in [-0.3, -0.25) is 0 Å². The minimum atomic E-state index is 0. The lowest BCUT2D eigenvalue weighted by Crippen LogP contribution is -2.23. The van der Waals surface area contributed by atoms with Crippen LogP contribution in [0.25, 0.3) is 0 Å². The molecule has 2 N–H and O–H groups in total. The Balaban J connectivity index is 0.00000136. The van der Waals surface area contributed by atoms with Crippen molar-refractivity contribution in [2.45, 2.75) is 66.2 Å². The van der Waals surface area contributed by atoms with Crippen molar-refractivity contribution in [2.24, 2.45) is 27.1 Å². The first-order valence-electron chi connectivity index (χ1n) is 16.5. The average Bonchev–Trinajstić information content (AvgIpc) is 3.70. The number of hydrogen-bond acceptors (Lipinski definition) is 8. The van der Waals surface area contributed by atoms with Gasteiger partial charge in [-0.15, -0.1) is 0 Å². The van der Waals surface area contributed by atoms with E-state index in [1.165, 1.54) is 25.9 Å². The lowest BCUT2D eigenvalue weighted by atomic mass is 9.98. The number of nitrogens with zero attached hydrogens (tertiary/aromatic N) is 3. The molecule has 2 heterocycles. The van der Waals surface area contributed by atoms with Crippen molar-refractivity contribution in [1.82, 2.24) is 4.90 Å². The zero-order chi connectivity index (χ0) is 31.6. The van der Waals surface area contributed by atoms with Gasteiger partial charge in [-0.2, -0.15) is 0 Å². The van der Waals surface area contributed by atoms with Crippen LogP contribution in [0.3, 0.4) is 0 Å². The van der Waals surface area contributed by atoms with E-state index in [0.717, 1.165) is 48.8 Å². The van der Waals surface area contributed by atoms with Crippen LogP contribution in [0.1, 0.15) is 67.6 Å². The van der Waals surface area contributed by atoms with Gasteiger partial charge >= 0.3 is 0 Å². The van der Waals surface area contributed by atoms with Gasteiger partial charge in [0.2, 0.25) is 5.96 Å². The predicted octanol–water partition coefficient (Wildman–Crippen LogP) is 7.25. The van der Waals surface area contributed by atoms with Crippen LogP contribution in [0, 0.1) is 11.3 Å². The van der Waals surface area contributed by atoms with Crippen LogP contribution >= 0.6 is 0 Å². The number of allylic oxidation sites excluding steroid dienone is 8. The van der Waals surface area contributed by atoms with E-state index in [9.17, 15) is 0 Å². The molecule has 2 atom stereocenters. The molecule has 244 valence electrons. The quantitative estimate of drug-likeness (QED) is 0.165. The summed E-state index contributed by atoms with van der Waals surface area (Å²) >= 11 is 0. The van der Waals surface area contributed by atoms with Gasteiger partial charge in [-0.25, -0.2) is 9.98 Å². The minimum Gasteiger partial charge on any atom is -0.497 e. The van der Waals surface area contributed by atoms with Crippen molar-refractivity contribution in [3.63, 3.8) is 0 Å². The summed E-state index contributed by atoms with van der Waals surface area (Å²) in [6.45, 7) is 14.0. The molecular weight excluding hydrogens is 552 g/mol. The Bertz CT molecular complexity index is 1190. The molecule has 0 aromatic heterocycles. The fourth-order valence-electron chi connectivity index (χ4n) is 5.64. The second-order valence-corrected chi connectivity index (χ2v) is 10.8. The largest absolute Gasteiger partial charge is 0.497 e. The summed E-state index contributed by atoms with van der Waals surface area (Å²) in [7, 11) is 1.66. The Labute approximate surface area is 266 Å². The Morgan fingerprint density at radius 2 is 1.86 bits per heavy atom. The number of nitrogens with two attached hydrogens (primary N) is 1.